The zero-order chi connectivity index (χ0) is 21.8. The highest BCUT2D eigenvalue weighted by atomic mass is 79.9. The Kier molecular flexibility index (Phi) is 6.60. The summed E-state index contributed by atoms with van der Waals surface area (Å²) < 4.78 is 34.2. The number of anilines is 1. The second-order valence-electron chi connectivity index (χ2n) is 6.78. The molecule has 0 aliphatic carbocycles. The van der Waals surface area contributed by atoms with Crippen molar-refractivity contribution < 1.29 is 12.8 Å². The fourth-order valence-electron chi connectivity index (χ4n) is 3.01. The third-order valence-corrected chi connectivity index (χ3v) is 7.34. The van der Waals surface area contributed by atoms with Gasteiger partial charge in [-0.05, 0) is 60.5 Å². The standard InChI is InChI=1S/C23H18Br2N2O3S/c24-18-8-6-17(7-9-18)21-27-23(31(28,29)20-12-10-19(25)11-13-20)22(30-21)26-15-14-16-4-2-1-3-5-16/h1-13,26H,14-15H2. The van der Waals surface area contributed by atoms with Gasteiger partial charge in [-0.25, -0.2) is 8.42 Å². The number of sulfone groups is 1. The summed E-state index contributed by atoms with van der Waals surface area (Å²) in [6, 6.07) is 23.7. The van der Waals surface area contributed by atoms with Gasteiger partial charge >= 0.3 is 0 Å². The van der Waals surface area contributed by atoms with Gasteiger partial charge in [0.15, 0.2) is 0 Å². The van der Waals surface area contributed by atoms with Crippen LogP contribution in [0.2, 0.25) is 0 Å². The van der Waals surface area contributed by atoms with E-state index in [1.54, 1.807) is 24.3 Å². The third kappa shape index (κ3) is 5.08. The Morgan fingerprint density at radius 1 is 0.839 bits per heavy atom. The van der Waals surface area contributed by atoms with Crippen molar-refractivity contribution in [3.63, 3.8) is 0 Å². The molecule has 1 aromatic heterocycles. The Morgan fingerprint density at radius 2 is 1.45 bits per heavy atom. The van der Waals surface area contributed by atoms with Crippen LogP contribution in [-0.4, -0.2) is 19.9 Å². The van der Waals surface area contributed by atoms with Crippen LogP contribution in [0.1, 0.15) is 5.56 Å². The van der Waals surface area contributed by atoms with E-state index in [9.17, 15) is 8.42 Å². The molecule has 4 aromatic rings. The molecule has 1 N–H and O–H groups in total. The molecule has 0 aliphatic heterocycles. The lowest BCUT2D eigenvalue weighted by Crippen LogP contribution is -2.09. The van der Waals surface area contributed by atoms with E-state index in [-0.39, 0.29) is 21.7 Å². The monoisotopic (exact) mass is 560 g/mol. The minimum atomic E-state index is -3.87. The van der Waals surface area contributed by atoms with E-state index in [1.165, 1.54) is 0 Å². The van der Waals surface area contributed by atoms with Gasteiger partial charge in [-0.1, -0.05) is 62.2 Å². The lowest BCUT2D eigenvalue weighted by molar-refractivity contribution is 0.577. The molecular formula is C23H18Br2N2O3S. The summed E-state index contributed by atoms with van der Waals surface area (Å²) in [5.74, 6) is 0.377. The lowest BCUT2D eigenvalue weighted by Gasteiger charge is -2.06. The van der Waals surface area contributed by atoms with E-state index in [2.05, 4.69) is 42.2 Å². The Bertz CT molecular complexity index is 1270. The van der Waals surface area contributed by atoms with E-state index in [1.807, 2.05) is 54.6 Å². The molecule has 4 rings (SSSR count). The fraction of sp³-hybridized carbons (Fsp3) is 0.0870. The average molecular weight is 562 g/mol. The van der Waals surface area contributed by atoms with E-state index >= 15 is 0 Å². The van der Waals surface area contributed by atoms with Crippen molar-refractivity contribution >= 4 is 47.6 Å². The molecule has 1 heterocycles. The zero-order valence-electron chi connectivity index (χ0n) is 16.3. The van der Waals surface area contributed by atoms with Crippen molar-refractivity contribution in [1.29, 1.82) is 0 Å². The van der Waals surface area contributed by atoms with Crippen molar-refractivity contribution in [2.75, 3.05) is 11.9 Å². The summed E-state index contributed by atoms with van der Waals surface area (Å²) >= 11 is 6.73. The molecule has 0 aliphatic rings. The van der Waals surface area contributed by atoms with Gasteiger partial charge in [0.05, 0.1) is 4.90 Å². The Balaban J connectivity index is 1.69. The molecule has 3 aromatic carbocycles. The van der Waals surface area contributed by atoms with Crippen molar-refractivity contribution in [3.8, 4) is 11.5 Å². The van der Waals surface area contributed by atoms with Gasteiger partial charge in [0.25, 0.3) is 0 Å². The molecule has 0 fully saturated rings. The molecule has 0 saturated carbocycles. The minimum absolute atomic E-state index is 0.124. The van der Waals surface area contributed by atoms with Crippen LogP contribution < -0.4 is 5.32 Å². The quantitative estimate of drug-likeness (QED) is 0.284. The third-order valence-electron chi connectivity index (χ3n) is 4.61. The van der Waals surface area contributed by atoms with Crippen molar-refractivity contribution in [2.24, 2.45) is 0 Å². The highest BCUT2D eigenvalue weighted by molar-refractivity contribution is 9.10. The second kappa shape index (κ2) is 9.38. The highest BCUT2D eigenvalue weighted by Gasteiger charge is 2.28. The fourth-order valence-corrected chi connectivity index (χ4v) is 4.81. The van der Waals surface area contributed by atoms with Crippen LogP contribution in [0.4, 0.5) is 5.88 Å². The number of oxazole rings is 1. The molecule has 158 valence electrons. The van der Waals surface area contributed by atoms with Gasteiger partial charge in [-0.3, -0.25) is 0 Å². The predicted octanol–water partition coefficient (Wildman–Crippen LogP) is 6.35. The minimum Gasteiger partial charge on any atom is -0.419 e. The van der Waals surface area contributed by atoms with E-state index in [0.717, 1.165) is 14.5 Å². The zero-order valence-corrected chi connectivity index (χ0v) is 20.2. The Hall–Kier alpha value is -2.42. The molecule has 0 radical (unpaired) electrons. The average Bonchev–Trinajstić information content (AvgIpc) is 3.20. The van der Waals surface area contributed by atoms with Gasteiger partial charge in [0, 0.05) is 21.1 Å². The molecule has 0 unspecified atom stereocenters. The van der Waals surface area contributed by atoms with Crippen LogP contribution in [-0.2, 0) is 16.3 Å². The molecule has 0 atom stereocenters. The van der Waals surface area contributed by atoms with E-state index < -0.39 is 9.84 Å². The molecule has 31 heavy (non-hydrogen) atoms. The summed E-state index contributed by atoms with van der Waals surface area (Å²) in [5, 5.41) is 3.00. The van der Waals surface area contributed by atoms with Crippen LogP contribution in [0.5, 0.6) is 0 Å². The first-order valence-corrected chi connectivity index (χ1v) is 12.6. The number of nitrogens with one attached hydrogen (secondary N) is 1. The van der Waals surface area contributed by atoms with E-state index in [0.29, 0.717) is 18.5 Å². The topological polar surface area (TPSA) is 72.2 Å². The maximum atomic E-state index is 13.3. The van der Waals surface area contributed by atoms with Crippen LogP contribution >= 0.6 is 31.9 Å². The highest BCUT2D eigenvalue weighted by Crippen LogP contribution is 2.33. The molecule has 0 amide bonds. The van der Waals surface area contributed by atoms with Crippen LogP contribution in [0.15, 0.2) is 102 Å². The summed E-state index contributed by atoms with van der Waals surface area (Å²) in [6.07, 6.45) is 0.715. The molecular weight excluding hydrogens is 544 g/mol. The molecule has 0 bridgehead atoms. The maximum absolute atomic E-state index is 13.3. The number of aromatic nitrogens is 1. The number of nitrogens with zero attached hydrogens (tertiary/aromatic N) is 1. The van der Waals surface area contributed by atoms with Crippen molar-refractivity contribution in [2.45, 2.75) is 16.3 Å². The van der Waals surface area contributed by atoms with Gasteiger partial charge in [-0.15, -0.1) is 0 Å². The van der Waals surface area contributed by atoms with Crippen molar-refractivity contribution in [1.82, 2.24) is 4.98 Å². The number of rotatable bonds is 7. The first kappa shape index (κ1) is 21.8. The van der Waals surface area contributed by atoms with Gasteiger partial charge in [0.2, 0.25) is 26.6 Å². The van der Waals surface area contributed by atoms with Gasteiger partial charge in [0.1, 0.15) is 0 Å². The van der Waals surface area contributed by atoms with Gasteiger partial charge in [-0.2, -0.15) is 4.98 Å². The summed E-state index contributed by atoms with van der Waals surface area (Å²) in [4.78, 5) is 4.51. The Morgan fingerprint density at radius 3 is 2.10 bits per heavy atom. The molecule has 0 spiro atoms. The SMILES string of the molecule is O=S(=O)(c1ccc(Br)cc1)c1nc(-c2ccc(Br)cc2)oc1NCCc1ccccc1. The van der Waals surface area contributed by atoms with E-state index in [4.69, 9.17) is 4.42 Å². The second-order valence-corrected chi connectivity index (χ2v) is 10.5. The number of hydrogen-bond donors (Lipinski definition) is 1. The molecule has 0 saturated heterocycles. The number of halogens is 2. The van der Waals surface area contributed by atoms with Crippen molar-refractivity contribution in [3.05, 3.63) is 93.4 Å². The van der Waals surface area contributed by atoms with Crippen LogP contribution in [0.3, 0.4) is 0 Å². The summed E-state index contributed by atoms with van der Waals surface area (Å²) in [7, 11) is -3.87. The maximum Gasteiger partial charge on any atom is 0.233 e. The Labute approximate surface area is 197 Å². The molecule has 5 nitrogen and oxygen atoms in total. The number of benzene rings is 3. The smallest absolute Gasteiger partial charge is 0.233 e. The predicted molar refractivity (Wildman–Crippen MR) is 128 cm³/mol. The lowest BCUT2D eigenvalue weighted by atomic mass is 10.1. The largest absolute Gasteiger partial charge is 0.419 e. The van der Waals surface area contributed by atoms with Crippen LogP contribution in [0, 0.1) is 0 Å². The summed E-state index contributed by atoms with van der Waals surface area (Å²) in [5.41, 5.74) is 1.83. The van der Waals surface area contributed by atoms with Gasteiger partial charge < -0.3 is 9.73 Å². The number of hydrogen-bond acceptors (Lipinski definition) is 5. The van der Waals surface area contributed by atoms with Crippen LogP contribution in [0.25, 0.3) is 11.5 Å². The first-order chi connectivity index (χ1) is 14.9. The molecule has 8 heteroatoms. The first-order valence-electron chi connectivity index (χ1n) is 9.49. The normalized spacial score (nSPS) is 11.4. The summed E-state index contributed by atoms with van der Waals surface area (Å²) in [6.45, 7) is 0.502.